The van der Waals surface area contributed by atoms with Crippen molar-refractivity contribution in [1.82, 2.24) is 9.62 Å². The van der Waals surface area contributed by atoms with E-state index in [0.29, 0.717) is 24.5 Å². The van der Waals surface area contributed by atoms with E-state index < -0.39 is 16.0 Å². The summed E-state index contributed by atoms with van der Waals surface area (Å²) in [6, 6.07) is 5.13. The van der Waals surface area contributed by atoms with Crippen LogP contribution in [0.4, 0.5) is 0 Å². The van der Waals surface area contributed by atoms with Crippen molar-refractivity contribution in [3.05, 3.63) is 29.3 Å². The Bertz CT molecular complexity index is 715. The Hall–Kier alpha value is -2.17. The van der Waals surface area contributed by atoms with Gasteiger partial charge in [0.15, 0.2) is 0 Å². The van der Waals surface area contributed by atoms with E-state index >= 15 is 0 Å². The molecule has 0 aliphatic carbocycles. The molecule has 4 N–H and O–H groups in total. The first kappa shape index (κ1) is 24.8. The van der Waals surface area contributed by atoms with Gasteiger partial charge in [0, 0.05) is 33.1 Å². The van der Waals surface area contributed by atoms with Crippen LogP contribution in [0.2, 0.25) is 0 Å². The molecule has 1 aromatic rings. The Balaban J connectivity index is 0.00000153. The van der Waals surface area contributed by atoms with Gasteiger partial charge >= 0.3 is 0 Å². The third-order valence-corrected chi connectivity index (χ3v) is 5.09. The maximum atomic E-state index is 12.1. The molecule has 0 unspecified atom stereocenters. The number of carbonyl (C=O) groups excluding carboxylic acids is 1. The van der Waals surface area contributed by atoms with Gasteiger partial charge in [0.1, 0.15) is 5.75 Å². The molecule has 0 atom stereocenters. The number of amides is 1. The normalized spacial score (nSPS) is 10.7. The van der Waals surface area contributed by atoms with Gasteiger partial charge in [0.05, 0.1) is 12.4 Å². The van der Waals surface area contributed by atoms with Crippen LogP contribution in [0.25, 0.3) is 0 Å². The molecule has 0 radical (unpaired) electrons. The van der Waals surface area contributed by atoms with Crippen LogP contribution in [-0.2, 0) is 14.8 Å². The van der Waals surface area contributed by atoms with Crippen molar-refractivity contribution in [3.8, 4) is 5.75 Å². The summed E-state index contributed by atoms with van der Waals surface area (Å²) in [6.07, 6.45) is 0.734. The number of sulfonamides is 1. The van der Waals surface area contributed by atoms with Gasteiger partial charge in [0.2, 0.25) is 10.0 Å². The monoisotopic (exact) mass is 403 g/mol. The van der Waals surface area contributed by atoms with Gasteiger partial charge in [-0.15, -0.1) is 0 Å². The zero-order valence-electron chi connectivity index (χ0n) is 16.2. The van der Waals surface area contributed by atoms with Gasteiger partial charge in [0.25, 0.3) is 11.9 Å². The fraction of sp³-hybridized carbons (Fsp3) is 0.529. The fourth-order valence-electron chi connectivity index (χ4n) is 1.74. The molecular formula is C17H29N3O6S. The summed E-state index contributed by atoms with van der Waals surface area (Å²) < 4.78 is 30.0. The lowest BCUT2D eigenvalue weighted by Crippen LogP contribution is -2.33. The van der Waals surface area contributed by atoms with Crippen LogP contribution in [0.1, 0.15) is 29.3 Å². The van der Waals surface area contributed by atoms with Gasteiger partial charge in [-0.05, 0) is 37.6 Å². The highest BCUT2D eigenvalue weighted by molar-refractivity contribution is 7.89. The molecule has 1 aromatic carbocycles. The Labute approximate surface area is 160 Å². The summed E-state index contributed by atoms with van der Waals surface area (Å²) in [5.41, 5.74) is 6.78. The van der Waals surface area contributed by atoms with E-state index in [-0.39, 0.29) is 18.2 Å². The average molecular weight is 404 g/mol. The molecule has 0 saturated carbocycles. The van der Waals surface area contributed by atoms with Gasteiger partial charge in [-0.2, -0.15) is 0 Å². The molecule has 0 aliphatic heterocycles. The van der Waals surface area contributed by atoms with E-state index in [1.54, 1.807) is 18.2 Å². The van der Waals surface area contributed by atoms with Crippen LogP contribution in [-0.4, -0.2) is 69.3 Å². The third-order valence-electron chi connectivity index (χ3n) is 3.26. The lowest BCUT2D eigenvalue weighted by Gasteiger charge is -2.13. The summed E-state index contributed by atoms with van der Waals surface area (Å²) in [4.78, 5) is 21.1. The molecule has 1 rings (SSSR count). The van der Waals surface area contributed by atoms with Crippen LogP contribution in [0.15, 0.2) is 18.2 Å². The van der Waals surface area contributed by atoms with Crippen LogP contribution >= 0.6 is 0 Å². The van der Waals surface area contributed by atoms with Crippen molar-refractivity contribution in [2.45, 2.75) is 20.3 Å². The van der Waals surface area contributed by atoms with Crippen LogP contribution in [0, 0.1) is 6.92 Å². The highest BCUT2D eigenvalue weighted by Crippen LogP contribution is 2.19. The molecule has 0 aliphatic rings. The predicted octanol–water partition coefficient (Wildman–Crippen LogP) is 0.435. The molecule has 154 valence electrons. The number of nitrogens with one attached hydrogen (secondary N) is 1. The minimum atomic E-state index is -3.32. The van der Waals surface area contributed by atoms with E-state index in [1.165, 1.54) is 14.1 Å². The Kier molecular flexibility index (Phi) is 11.3. The topological polar surface area (TPSA) is 139 Å². The first-order valence-corrected chi connectivity index (χ1v) is 9.93. The second-order valence-corrected chi connectivity index (χ2v) is 8.15. The van der Waals surface area contributed by atoms with Gasteiger partial charge in [-0.1, -0.05) is 6.07 Å². The van der Waals surface area contributed by atoms with Crippen molar-refractivity contribution in [1.29, 1.82) is 0 Å². The van der Waals surface area contributed by atoms with E-state index in [4.69, 9.17) is 20.4 Å². The van der Waals surface area contributed by atoms with Crippen LogP contribution in [0.5, 0.6) is 5.75 Å². The number of hydrogen-bond donors (Lipinski definition) is 3. The Morgan fingerprint density at radius 1 is 1.30 bits per heavy atom. The summed E-state index contributed by atoms with van der Waals surface area (Å²) in [7, 11) is -0.403. The van der Waals surface area contributed by atoms with Crippen LogP contribution < -0.4 is 15.8 Å². The first-order chi connectivity index (χ1) is 12.5. The summed E-state index contributed by atoms with van der Waals surface area (Å²) in [5, 5.41) is 10.0. The van der Waals surface area contributed by atoms with Crippen molar-refractivity contribution in [2.24, 2.45) is 5.73 Å². The fourth-order valence-corrected chi connectivity index (χ4v) is 2.47. The number of carbonyl (C=O) groups is 2. The van der Waals surface area contributed by atoms with Crippen molar-refractivity contribution < 1.29 is 27.9 Å². The third kappa shape index (κ3) is 10.5. The molecule has 9 nitrogen and oxygen atoms in total. The van der Waals surface area contributed by atoms with Gasteiger partial charge < -0.3 is 20.9 Å². The largest absolute Gasteiger partial charge is 0.493 e. The van der Waals surface area contributed by atoms with Gasteiger partial charge in [-0.25, -0.2) is 12.7 Å². The minimum Gasteiger partial charge on any atom is -0.493 e. The molecule has 0 saturated heterocycles. The molecule has 0 fully saturated rings. The Morgan fingerprint density at radius 2 is 1.89 bits per heavy atom. The number of hydrogen-bond acceptors (Lipinski definition) is 6. The number of carboxylic acid groups (broad SMARTS) is 1. The summed E-state index contributed by atoms with van der Waals surface area (Å²) in [5.74, 6) is -0.674. The van der Waals surface area contributed by atoms with Gasteiger partial charge in [-0.3, -0.25) is 9.59 Å². The van der Waals surface area contributed by atoms with Crippen molar-refractivity contribution >= 4 is 21.9 Å². The maximum Gasteiger partial charge on any atom is 0.300 e. The molecule has 1 amide bonds. The molecule has 27 heavy (non-hydrogen) atoms. The van der Waals surface area contributed by atoms with Crippen molar-refractivity contribution in [3.63, 3.8) is 0 Å². The van der Waals surface area contributed by atoms with E-state index in [1.807, 2.05) is 6.92 Å². The lowest BCUT2D eigenvalue weighted by atomic mass is 10.1. The highest BCUT2D eigenvalue weighted by Gasteiger charge is 2.14. The first-order valence-electron chi connectivity index (χ1n) is 8.32. The molecule has 0 spiro atoms. The second-order valence-electron chi connectivity index (χ2n) is 5.84. The minimum absolute atomic E-state index is 0.0522. The lowest BCUT2D eigenvalue weighted by molar-refractivity contribution is -0.134. The molecule has 0 aromatic heterocycles. The average Bonchev–Trinajstić information content (AvgIpc) is 2.55. The molecule has 0 bridgehead atoms. The smallest absolute Gasteiger partial charge is 0.300 e. The standard InChI is InChI=1S/C15H25N3O4S.C2H4O2/c1-12-5-6-13(11-14(12)22-9-4-7-16)15(19)17-8-10-23(20,21)18(2)3;1-2(3)4/h5-6,11H,4,7-10,16H2,1-3H3,(H,17,19);1H3,(H,3,4). The molecule has 0 heterocycles. The number of ether oxygens (including phenoxy) is 1. The number of aryl methyl sites for hydroxylation is 1. The predicted molar refractivity (Wildman–Crippen MR) is 103 cm³/mol. The number of nitrogens with zero attached hydrogens (tertiary/aromatic N) is 1. The summed E-state index contributed by atoms with van der Waals surface area (Å²) >= 11 is 0. The number of benzene rings is 1. The molecule has 10 heteroatoms. The quantitative estimate of drug-likeness (QED) is 0.508. The number of aliphatic carboxylic acids is 1. The SMILES string of the molecule is CC(=O)O.Cc1ccc(C(=O)NCCS(=O)(=O)N(C)C)cc1OCCCN. The number of carboxylic acids is 1. The van der Waals surface area contributed by atoms with E-state index in [0.717, 1.165) is 23.2 Å². The maximum absolute atomic E-state index is 12.1. The summed E-state index contributed by atoms with van der Waals surface area (Å²) in [6.45, 7) is 4.06. The number of rotatable bonds is 9. The van der Waals surface area contributed by atoms with E-state index in [9.17, 15) is 13.2 Å². The highest BCUT2D eigenvalue weighted by atomic mass is 32.2. The zero-order chi connectivity index (χ0) is 21.0. The van der Waals surface area contributed by atoms with Crippen LogP contribution in [0.3, 0.4) is 0 Å². The van der Waals surface area contributed by atoms with E-state index in [2.05, 4.69) is 5.32 Å². The zero-order valence-corrected chi connectivity index (χ0v) is 17.0. The molecular weight excluding hydrogens is 374 g/mol. The van der Waals surface area contributed by atoms with Crippen molar-refractivity contribution in [2.75, 3.05) is 39.5 Å². The number of nitrogens with two attached hydrogens (primary N) is 1. The second kappa shape index (κ2) is 12.3. The Morgan fingerprint density at radius 3 is 2.41 bits per heavy atom.